The molecule has 0 aliphatic carbocycles. The minimum atomic E-state index is 0. The fourth-order valence-corrected chi connectivity index (χ4v) is 3.22. The third kappa shape index (κ3) is 4.15. The fraction of sp³-hybridized carbons (Fsp3) is 0.316. The lowest BCUT2D eigenvalue weighted by Gasteiger charge is -2.27. The summed E-state index contributed by atoms with van der Waals surface area (Å²) in [5.41, 5.74) is 5.89. The predicted molar refractivity (Wildman–Crippen MR) is 108 cm³/mol. The monoisotopic (exact) mass is 378 g/mol. The van der Waals surface area contributed by atoms with Gasteiger partial charge in [-0.25, -0.2) is 4.98 Å². The lowest BCUT2D eigenvalue weighted by molar-refractivity contribution is 0.230. The maximum absolute atomic E-state index is 4.90. The third-order valence-corrected chi connectivity index (χ3v) is 4.54. The molecular formula is C19H24Cl2N4. The van der Waals surface area contributed by atoms with Crippen LogP contribution in [0.1, 0.15) is 11.3 Å². The van der Waals surface area contributed by atoms with Crippen LogP contribution in [0.5, 0.6) is 0 Å². The van der Waals surface area contributed by atoms with Gasteiger partial charge in [-0.3, -0.25) is 4.90 Å². The van der Waals surface area contributed by atoms with Gasteiger partial charge in [-0.15, -0.1) is 24.8 Å². The van der Waals surface area contributed by atoms with Gasteiger partial charge in [0, 0.05) is 44.5 Å². The van der Waals surface area contributed by atoms with Gasteiger partial charge in [-0.05, 0) is 19.1 Å². The number of aromatic nitrogens is 2. The number of hydrogen-bond donors (Lipinski definition) is 1. The molecule has 4 rings (SSSR count). The van der Waals surface area contributed by atoms with Crippen molar-refractivity contribution in [2.45, 2.75) is 13.5 Å². The van der Waals surface area contributed by atoms with Crippen LogP contribution in [-0.4, -0.2) is 40.5 Å². The van der Waals surface area contributed by atoms with Crippen molar-refractivity contribution < 1.29 is 0 Å². The molecule has 1 fully saturated rings. The van der Waals surface area contributed by atoms with E-state index in [2.05, 4.69) is 70.2 Å². The molecule has 0 saturated carbocycles. The second-order valence-corrected chi connectivity index (χ2v) is 6.23. The molecule has 0 amide bonds. The summed E-state index contributed by atoms with van der Waals surface area (Å²) in [6.45, 7) is 7.37. The van der Waals surface area contributed by atoms with E-state index in [1.807, 2.05) is 0 Å². The zero-order valence-corrected chi connectivity index (χ0v) is 15.9. The van der Waals surface area contributed by atoms with Gasteiger partial charge >= 0.3 is 0 Å². The molecule has 2 aromatic heterocycles. The summed E-state index contributed by atoms with van der Waals surface area (Å²) < 4.78 is 2.23. The van der Waals surface area contributed by atoms with E-state index in [-0.39, 0.29) is 24.8 Å². The van der Waals surface area contributed by atoms with Crippen molar-refractivity contribution in [1.82, 2.24) is 19.6 Å². The van der Waals surface area contributed by atoms with Gasteiger partial charge < -0.3 is 9.72 Å². The quantitative estimate of drug-likeness (QED) is 0.756. The van der Waals surface area contributed by atoms with Crippen molar-refractivity contribution in [1.29, 1.82) is 0 Å². The molecule has 0 radical (unpaired) electrons. The van der Waals surface area contributed by atoms with Crippen molar-refractivity contribution in [3.8, 4) is 11.3 Å². The maximum atomic E-state index is 4.90. The summed E-state index contributed by atoms with van der Waals surface area (Å²) in [6.07, 6.45) is 2.12. The molecule has 1 aromatic carbocycles. The molecule has 1 aliphatic heterocycles. The minimum absolute atomic E-state index is 0. The molecular weight excluding hydrogens is 355 g/mol. The molecule has 6 heteroatoms. The molecule has 25 heavy (non-hydrogen) atoms. The normalized spacial score (nSPS) is 14.8. The molecule has 1 aliphatic rings. The van der Waals surface area contributed by atoms with Crippen LogP contribution in [0.4, 0.5) is 0 Å². The second kappa shape index (κ2) is 8.68. The fourth-order valence-electron chi connectivity index (χ4n) is 3.22. The first kappa shape index (κ1) is 19.7. The number of fused-ring (bicyclic) bond motifs is 1. The highest BCUT2D eigenvalue weighted by Crippen LogP contribution is 2.26. The molecule has 0 unspecified atom stereocenters. The molecule has 1 saturated heterocycles. The zero-order valence-electron chi connectivity index (χ0n) is 14.3. The highest BCUT2D eigenvalue weighted by atomic mass is 35.5. The molecule has 0 atom stereocenters. The third-order valence-electron chi connectivity index (χ3n) is 4.54. The Morgan fingerprint density at radius 1 is 1.00 bits per heavy atom. The Labute approximate surface area is 161 Å². The molecule has 134 valence electrons. The van der Waals surface area contributed by atoms with Gasteiger partial charge in [0.05, 0.1) is 11.4 Å². The Kier molecular flexibility index (Phi) is 6.85. The smallest absolute Gasteiger partial charge is 0.137 e. The van der Waals surface area contributed by atoms with Crippen molar-refractivity contribution in [3.05, 3.63) is 59.9 Å². The lowest BCUT2D eigenvalue weighted by Crippen LogP contribution is -2.43. The van der Waals surface area contributed by atoms with Crippen LogP contribution < -0.4 is 5.32 Å². The highest BCUT2D eigenvalue weighted by Gasteiger charge is 2.18. The predicted octanol–water partition coefficient (Wildman–Crippen LogP) is 3.56. The molecule has 3 aromatic rings. The molecule has 1 N–H and O–H groups in total. The van der Waals surface area contributed by atoms with Crippen LogP contribution in [0.2, 0.25) is 0 Å². The molecule has 4 nitrogen and oxygen atoms in total. The standard InChI is InChI=1S/C19H22N4.2ClH/c1-15-5-7-16(8-6-15)19-17(14-22-12-9-20-10-13-22)23-11-3-2-4-18(23)21-19;;/h2-8,11,20H,9-10,12-14H2,1H3;2*1H. The number of halogens is 2. The Hall–Kier alpha value is -1.59. The average molecular weight is 379 g/mol. The first-order valence-electron chi connectivity index (χ1n) is 8.27. The summed E-state index contributed by atoms with van der Waals surface area (Å²) in [5.74, 6) is 0. The Morgan fingerprint density at radius 2 is 1.72 bits per heavy atom. The summed E-state index contributed by atoms with van der Waals surface area (Å²) >= 11 is 0. The first-order valence-corrected chi connectivity index (χ1v) is 8.27. The number of piperazine rings is 1. The van der Waals surface area contributed by atoms with Crippen LogP contribution in [0, 0.1) is 6.92 Å². The average Bonchev–Trinajstić information content (AvgIpc) is 2.95. The minimum Gasteiger partial charge on any atom is -0.314 e. The van der Waals surface area contributed by atoms with Gasteiger partial charge in [0.25, 0.3) is 0 Å². The van der Waals surface area contributed by atoms with Crippen molar-refractivity contribution >= 4 is 30.5 Å². The highest BCUT2D eigenvalue weighted by molar-refractivity contribution is 5.85. The van der Waals surface area contributed by atoms with E-state index in [4.69, 9.17) is 4.98 Å². The van der Waals surface area contributed by atoms with Crippen molar-refractivity contribution in [2.24, 2.45) is 0 Å². The second-order valence-electron chi connectivity index (χ2n) is 6.23. The van der Waals surface area contributed by atoms with E-state index in [9.17, 15) is 0 Å². The van der Waals surface area contributed by atoms with Crippen molar-refractivity contribution in [3.63, 3.8) is 0 Å². The number of aryl methyl sites for hydroxylation is 1. The number of nitrogens with zero attached hydrogens (tertiary/aromatic N) is 3. The van der Waals surface area contributed by atoms with E-state index in [0.717, 1.165) is 44.1 Å². The summed E-state index contributed by atoms with van der Waals surface area (Å²) in [7, 11) is 0. The van der Waals surface area contributed by atoms with E-state index in [1.165, 1.54) is 16.8 Å². The summed E-state index contributed by atoms with van der Waals surface area (Å²) in [5, 5.41) is 3.42. The molecule has 3 heterocycles. The maximum Gasteiger partial charge on any atom is 0.137 e. The number of benzene rings is 1. The summed E-state index contributed by atoms with van der Waals surface area (Å²) in [6, 6.07) is 14.9. The number of hydrogen-bond acceptors (Lipinski definition) is 3. The number of nitrogens with one attached hydrogen (secondary N) is 1. The van der Waals surface area contributed by atoms with Crippen LogP contribution >= 0.6 is 24.8 Å². The number of rotatable bonds is 3. The SMILES string of the molecule is Cc1ccc(-c2nc3ccccn3c2CN2CCNCC2)cc1.Cl.Cl. The van der Waals surface area contributed by atoms with Gasteiger partial charge in [0.15, 0.2) is 0 Å². The number of imidazole rings is 1. The Balaban J connectivity index is 0.00000113. The van der Waals surface area contributed by atoms with Gasteiger partial charge in [-0.1, -0.05) is 35.9 Å². The van der Waals surface area contributed by atoms with Crippen LogP contribution in [0.25, 0.3) is 16.9 Å². The van der Waals surface area contributed by atoms with E-state index in [1.54, 1.807) is 0 Å². The van der Waals surface area contributed by atoms with Crippen LogP contribution in [0.15, 0.2) is 48.7 Å². The van der Waals surface area contributed by atoms with Crippen LogP contribution in [0.3, 0.4) is 0 Å². The number of pyridine rings is 1. The van der Waals surface area contributed by atoms with E-state index in [0.29, 0.717) is 0 Å². The van der Waals surface area contributed by atoms with E-state index < -0.39 is 0 Å². The van der Waals surface area contributed by atoms with Gasteiger partial charge in [0.1, 0.15) is 5.65 Å². The van der Waals surface area contributed by atoms with E-state index >= 15 is 0 Å². The zero-order chi connectivity index (χ0) is 15.6. The Morgan fingerprint density at radius 3 is 2.44 bits per heavy atom. The van der Waals surface area contributed by atoms with Crippen LogP contribution in [-0.2, 0) is 6.54 Å². The molecule has 0 bridgehead atoms. The summed E-state index contributed by atoms with van der Waals surface area (Å²) in [4.78, 5) is 7.40. The largest absolute Gasteiger partial charge is 0.314 e. The Bertz CT molecular complexity index is 808. The lowest BCUT2D eigenvalue weighted by atomic mass is 10.1. The van der Waals surface area contributed by atoms with Crippen molar-refractivity contribution in [2.75, 3.05) is 26.2 Å². The molecule has 0 spiro atoms. The van der Waals surface area contributed by atoms with Gasteiger partial charge in [-0.2, -0.15) is 0 Å². The first-order chi connectivity index (χ1) is 11.3. The van der Waals surface area contributed by atoms with Gasteiger partial charge in [0.2, 0.25) is 0 Å². The topological polar surface area (TPSA) is 32.6 Å².